The third-order valence-corrected chi connectivity index (χ3v) is 4.44. The van der Waals surface area contributed by atoms with Gasteiger partial charge >= 0.3 is 0 Å². The zero-order valence-corrected chi connectivity index (χ0v) is 14.4. The molecule has 3 N–H and O–H groups in total. The zero-order valence-electron chi connectivity index (χ0n) is 12.8. The molecule has 21 heavy (non-hydrogen) atoms. The van der Waals surface area contributed by atoms with Gasteiger partial charge in [0, 0.05) is 22.4 Å². The molecule has 114 valence electrons. The molecule has 2 heterocycles. The lowest BCUT2D eigenvalue weighted by molar-refractivity contribution is 0.546. The lowest BCUT2D eigenvalue weighted by Crippen LogP contribution is -2.20. The molecule has 0 bridgehead atoms. The van der Waals surface area contributed by atoms with Crippen LogP contribution in [0.4, 0.5) is 11.6 Å². The van der Waals surface area contributed by atoms with E-state index in [4.69, 9.17) is 17.3 Å². The van der Waals surface area contributed by atoms with Crippen molar-refractivity contribution in [2.45, 2.75) is 39.5 Å². The Bertz CT molecular complexity index is 631. The SMILES string of the molecule is Cc1c(N)nc(C(C)(C)C)nc1NCCc1ccc(Cl)s1. The van der Waals surface area contributed by atoms with E-state index in [1.807, 2.05) is 13.0 Å². The van der Waals surface area contributed by atoms with Crippen LogP contribution < -0.4 is 11.1 Å². The Morgan fingerprint density at radius 2 is 2.00 bits per heavy atom. The van der Waals surface area contributed by atoms with Crippen molar-refractivity contribution in [1.82, 2.24) is 9.97 Å². The van der Waals surface area contributed by atoms with Crippen molar-refractivity contribution >= 4 is 34.6 Å². The number of hydrogen-bond acceptors (Lipinski definition) is 5. The highest BCUT2D eigenvalue weighted by Crippen LogP contribution is 2.25. The van der Waals surface area contributed by atoms with E-state index < -0.39 is 0 Å². The van der Waals surface area contributed by atoms with Crippen molar-refractivity contribution in [2.24, 2.45) is 0 Å². The van der Waals surface area contributed by atoms with Crippen molar-refractivity contribution in [3.63, 3.8) is 0 Å². The maximum Gasteiger partial charge on any atom is 0.138 e. The number of aromatic nitrogens is 2. The summed E-state index contributed by atoms with van der Waals surface area (Å²) >= 11 is 7.54. The Morgan fingerprint density at radius 1 is 1.29 bits per heavy atom. The number of anilines is 2. The van der Waals surface area contributed by atoms with E-state index in [1.54, 1.807) is 11.3 Å². The van der Waals surface area contributed by atoms with Gasteiger partial charge in [-0.05, 0) is 25.5 Å². The first kappa shape index (κ1) is 16.0. The van der Waals surface area contributed by atoms with Crippen LogP contribution in [0.1, 0.15) is 37.0 Å². The van der Waals surface area contributed by atoms with Crippen LogP contribution >= 0.6 is 22.9 Å². The highest BCUT2D eigenvalue weighted by Gasteiger charge is 2.20. The topological polar surface area (TPSA) is 63.8 Å². The first-order valence-electron chi connectivity index (χ1n) is 6.90. The van der Waals surface area contributed by atoms with Crippen LogP contribution in [0.3, 0.4) is 0 Å². The number of hydrogen-bond donors (Lipinski definition) is 2. The molecule has 0 radical (unpaired) electrons. The van der Waals surface area contributed by atoms with E-state index in [0.29, 0.717) is 5.82 Å². The molecule has 2 rings (SSSR count). The fourth-order valence-corrected chi connectivity index (χ4v) is 2.92. The number of halogens is 1. The highest BCUT2D eigenvalue weighted by atomic mass is 35.5. The highest BCUT2D eigenvalue weighted by molar-refractivity contribution is 7.16. The third kappa shape index (κ3) is 4.08. The van der Waals surface area contributed by atoms with Gasteiger partial charge in [-0.3, -0.25) is 0 Å². The fourth-order valence-electron chi connectivity index (χ4n) is 1.83. The second-order valence-corrected chi connectivity index (χ2v) is 7.84. The average molecular weight is 325 g/mol. The second kappa shape index (κ2) is 6.20. The van der Waals surface area contributed by atoms with E-state index >= 15 is 0 Å². The normalized spacial score (nSPS) is 11.7. The lowest BCUT2D eigenvalue weighted by Gasteiger charge is -2.19. The average Bonchev–Trinajstić information content (AvgIpc) is 2.79. The van der Waals surface area contributed by atoms with Gasteiger partial charge in [0.1, 0.15) is 17.5 Å². The Balaban J connectivity index is 2.10. The summed E-state index contributed by atoms with van der Waals surface area (Å²) < 4.78 is 0.822. The first-order chi connectivity index (χ1) is 9.77. The predicted octanol–water partition coefficient (Wildman–Crippen LogP) is 4.03. The van der Waals surface area contributed by atoms with Crippen molar-refractivity contribution < 1.29 is 0 Å². The van der Waals surface area contributed by atoms with Crippen molar-refractivity contribution in [2.75, 3.05) is 17.6 Å². The molecule has 0 fully saturated rings. The summed E-state index contributed by atoms with van der Waals surface area (Å²) in [6.07, 6.45) is 0.908. The lowest BCUT2D eigenvalue weighted by atomic mass is 9.95. The minimum atomic E-state index is -0.125. The predicted molar refractivity (Wildman–Crippen MR) is 91.4 cm³/mol. The smallest absolute Gasteiger partial charge is 0.138 e. The van der Waals surface area contributed by atoms with Gasteiger partial charge in [-0.2, -0.15) is 0 Å². The van der Waals surface area contributed by atoms with Gasteiger partial charge in [-0.1, -0.05) is 32.4 Å². The number of nitrogen functional groups attached to an aromatic ring is 1. The fraction of sp³-hybridized carbons (Fsp3) is 0.467. The number of nitrogens with one attached hydrogen (secondary N) is 1. The van der Waals surface area contributed by atoms with Crippen LogP contribution in [0, 0.1) is 6.92 Å². The molecule has 0 aromatic carbocycles. The van der Waals surface area contributed by atoms with E-state index in [-0.39, 0.29) is 5.41 Å². The molecule has 0 aliphatic carbocycles. The molecular formula is C15H21ClN4S. The summed E-state index contributed by atoms with van der Waals surface area (Å²) in [6, 6.07) is 3.98. The minimum Gasteiger partial charge on any atom is -0.383 e. The third-order valence-electron chi connectivity index (χ3n) is 3.15. The summed E-state index contributed by atoms with van der Waals surface area (Å²) in [5, 5.41) is 3.36. The molecule has 0 aliphatic heterocycles. The largest absolute Gasteiger partial charge is 0.383 e. The maximum absolute atomic E-state index is 6.00. The summed E-state index contributed by atoms with van der Waals surface area (Å²) in [7, 11) is 0. The van der Waals surface area contributed by atoms with Crippen LogP contribution in [0.2, 0.25) is 4.34 Å². The molecular weight excluding hydrogens is 304 g/mol. The number of rotatable bonds is 4. The Kier molecular flexibility index (Phi) is 4.74. The van der Waals surface area contributed by atoms with Crippen LogP contribution in [0.25, 0.3) is 0 Å². The van der Waals surface area contributed by atoms with Gasteiger partial charge in [-0.15, -0.1) is 11.3 Å². The number of thiophene rings is 1. The molecule has 2 aromatic rings. The van der Waals surface area contributed by atoms with Crippen LogP contribution in [0.15, 0.2) is 12.1 Å². The van der Waals surface area contributed by atoms with Gasteiger partial charge in [0.25, 0.3) is 0 Å². The standard InChI is InChI=1S/C15H21ClN4S/c1-9-12(17)19-14(15(2,3)4)20-13(9)18-8-7-10-5-6-11(16)21-10/h5-6H,7-8H2,1-4H3,(H3,17,18,19,20). The Morgan fingerprint density at radius 3 is 2.57 bits per heavy atom. The zero-order chi connectivity index (χ0) is 15.6. The van der Waals surface area contributed by atoms with Crippen LogP contribution in [0.5, 0.6) is 0 Å². The molecule has 2 aromatic heterocycles. The van der Waals surface area contributed by atoms with Gasteiger partial charge in [0.2, 0.25) is 0 Å². The molecule has 0 unspecified atom stereocenters. The number of nitrogens with zero attached hydrogens (tertiary/aromatic N) is 2. The molecule has 0 atom stereocenters. The molecule has 4 nitrogen and oxygen atoms in total. The molecule has 0 saturated heterocycles. The molecule has 0 amide bonds. The Hall–Kier alpha value is -1.33. The summed E-state index contributed by atoms with van der Waals surface area (Å²) in [4.78, 5) is 10.3. The maximum atomic E-state index is 6.00. The van der Waals surface area contributed by atoms with Crippen LogP contribution in [-0.2, 0) is 11.8 Å². The van der Waals surface area contributed by atoms with Gasteiger partial charge in [-0.25, -0.2) is 9.97 Å². The van der Waals surface area contributed by atoms with E-state index in [0.717, 1.165) is 34.5 Å². The van der Waals surface area contributed by atoms with Gasteiger partial charge in [0.15, 0.2) is 0 Å². The quantitative estimate of drug-likeness (QED) is 0.891. The monoisotopic (exact) mass is 324 g/mol. The minimum absolute atomic E-state index is 0.125. The Labute approximate surface area is 134 Å². The van der Waals surface area contributed by atoms with Crippen molar-refractivity contribution in [3.8, 4) is 0 Å². The molecule has 0 saturated carbocycles. The molecule has 0 spiro atoms. The van der Waals surface area contributed by atoms with Crippen molar-refractivity contribution in [3.05, 3.63) is 32.7 Å². The summed E-state index contributed by atoms with van der Waals surface area (Å²) in [5.41, 5.74) is 6.77. The first-order valence-corrected chi connectivity index (χ1v) is 8.09. The van der Waals surface area contributed by atoms with E-state index in [9.17, 15) is 0 Å². The van der Waals surface area contributed by atoms with E-state index in [1.165, 1.54) is 4.88 Å². The molecule has 0 aliphatic rings. The summed E-state index contributed by atoms with van der Waals surface area (Å²) in [5.74, 6) is 2.11. The van der Waals surface area contributed by atoms with Crippen molar-refractivity contribution in [1.29, 1.82) is 0 Å². The number of nitrogens with two attached hydrogens (primary N) is 1. The van der Waals surface area contributed by atoms with Gasteiger partial charge in [0.05, 0.1) is 4.34 Å². The van der Waals surface area contributed by atoms with E-state index in [2.05, 4.69) is 42.1 Å². The summed E-state index contributed by atoms with van der Waals surface area (Å²) in [6.45, 7) is 8.96. The second-order valence-electron chi connectivity index (χ2n) is 6.04. The van der Waals surface area contributed by atoms with Crippen LogP contribution in [-0.4, -0.2) is 16.5 Å². The molecule has 6 heteroatoms. The van der Waals surface area contributed by atoms with Gasteiger partial charge < -0.3 is 11.1 Å².